The molecule has 0 spiro atoms. The van der Waals surface area contributed by atoms with Crippen molar-refractivity contribution in [1.29, 1.82) is 0 Å². The van der Waals surface area contributed by atoms with Crippen LogP contribution in [0.25, 0.3) is 0 Å². The molecule has 8 heteroatoms. The number of allylic oxidation sites excluding steroid dienone is 1. The molecule has 1 aliphatic rings. The number of carbonyl (C=O) groups is 1. The first-order valence-electron chi connectivity index (χ1n) is 7.80. The second-order valence-corrected chi connectivity index (χ2v) is 6.65. The fraction of sp³-hybridized carbons (Fsp3) is 0.167. The molecular formula is C18H16BrN3O4. The molecule has 3 N–H and O–H groups in total. The molecule has 1 aliphatic heterocycles. The van der Waals surface area contributed by atoms with Crippen LogP contribution in [0.5, 0.6) is 0 Å². The summed E-state index contributed by atoms with van der Waals surface area (Å²) in [5, 5.41) is 2.93. The number of anilines is 1. The van der Waals surface area contributed by atoms with E-state index >= 15 is 0 Å². The van der Waals surface area contributed by atoms with E-state index in [-0.39, 0.29) is 18.0 Å². The number of carbonyl (C=O) groups excluding carboxylic acids is 1. The topological polar surface area (TPSA) is 104 Å². The Morgan fingerprint density at radius 2 is 2.12 bits per heavy atom. The minimum absolute atomic E-state index is 0.0512. The van der Waals surface area contributed by atoms with Gasteiger partial charge >= 0.3 is 11.7 Å². The van der Waals surface area contributed by atoms with E-state index in [1.807, 2.05) is 24.3 Å². The second-order valence-electron chi connectivity index (χ2n) is 5.74. The van der Waals surface area contributed by atoms with Crippen molar-refractivity contribution in [3.8, 4) is 0 Å². The van der Waals surface area contributed by atoms with Crippen LogP contribution < -0.4 is 16.6 Å². The minimum Gasteiger partial charge on any atom is -0.458 e. The molecule has 7 nitrogen and oxygen atoms in total. The number of rotatable bonds is 4. The molecular weight excluding hydrogens is 402 g/mol. The second kappa shape index (κ2) is 7.17. The molecule has 2 heterocycles. The maximum atomic E-state index is 12.7. The maximum absolute atomic E-state index is 12.7. The van der Waals surface area contributed by atoms with E-state index in [1.54, 1.807) is 6.92 Å². The Labute approximate surface area is 156 Å². The van der Waals surface area contributed by atoms with Gasteiger partial charge in [0, 0.05) is 10.2 Å². The third-order valence-corrected chi connectivity index (χ3v) is 4.50. The largest absolute Gasteiger partial charge is 0.458 e. The van der Waals surface area contributed by atoms with Crippen molar-refractivity contribution in [2.24, 2.45) is 0 Å². The molecule has 1 aromatic carbocycles. The highest BCUT2D eigenvalue weighted by Gasteiger charge is 2.36. The van der Waals surface area contributed by atoms with Gasteiger partial charge in [0.2, 0.25) is 0 Å². The number of aromatic amines is 2. The van der Waals surface area contributed by atoms with Crippen molar-refractivity contribution >= 4 is 27.7 Å². The van der Waals surface area contributed by atoms with Crippen LogP contribution in [0.15, 0.2) is 62.3 Å². The number of esters is 1. The van der Waals surface area contributed by atoms with E-state index in [9.17, 15) is 14.4 Å². The van der Waals surface area contributed by atoms with Gasteiger partial charge in [-0.15, -0.1) is 0 Å². The smallest absolute Gasteiger partial charge is 0.337 e. The number of hydrogen-bond acceptors (Lipinski definition) is 5. The van der Waals surface area contributed by atoms with Crippen LogP contribution in [-0.4, -0.2) is 22.5 Å². The standard InChI is InChI=1S/C18H16BrN3O4/c1-3-7-26-17(24)12-9(2)20-15-14(16(23)22-18(25)21-15)13(12)10-5-4-6-11(19)8-10/h3-6,8,13H,1,7H2,2H3,(H3,20,21,22,23,25). The third-order valence-electron chi connectivity index (χ3n) is 4.01. The summed E-state index contributed by atoms with van der Waals surface area (Å²) in [4.78, 5) is 41.6. The lowest BCUT2D eigenvalue weighted by atomic mass is 9.82. The van der Waals surface area contributed by atoms with Gasteiger partial charge in [0.15, 0.2) is 0 Å². The van der Waals surface area contributed by atoms with Gasteiger partial charge in [-0.05, 0) is 24.6 Å². The summed E-state index contributed by atoms with van der Waals surface area (Å²) >= 11 is 3.41. The molecule has 26 heavy (non-hydrogen) atoms. The minimum atomic E-state index is -0.693. The zero-order chi connectivity index (χ0) is 18.8. The van der Waals surface area contributed by atoms with Crippen LogP contribution in [0, 0.1) is 0 Å². The van der Waals surface area contributed by atoms with Gasteiger partial charge in [-0.25, -0.2) is 9.59 Å². The van der Waals surface area contributed by atoms with Crippen LogP contribution in [0.3, 0.4) is 0 Å². The van der Waals surface area contributed by atoms with Crippen LogP contribution >= 0.6 is 15.9 Å². The number of aromatic nitrogens is 2. The fourth-order valence-corrected chi connectivity index (χ4v) is 3.41. The Bertz CT molecular complexity index is 1040. The Hall–Kier alpha value is -2.87. The van der Waals surface area contributed by atoms with Crippen molar-refractivity contribution < 1.29 is 9.53 Å². The van der Waals surface area contributed by atoms with E-state index < -0.39 is 23.1 Å². The summed E-state index contributed by atoms with van der Waals surface area (Å²) in [5.41, 5.74) is 0.568. The molecule has 2 aromatic rings. The van der Waals surface area contributed by atoms with Crippen molar-refractivity contribution in [2.75, 3.05) is 11.9 Å². The number of nitrogens with one attached hydrogen (secondary N) is 3. The Balaban J connectivity index is 2.25. The van der Waals surface area contributed by atoms with Gasteiger partial charge in [0.05, 0.1) is 17.1 Å². The Kier molecular flexibility index (Phi) is 4.94. The Morgan fingerprint density at radius 1 is 1.35 bits per heavy atom. The first-order chi connectivity index (χ1) is 12.4. The summed E-state index contributed by atoms with van der Waals surface area (Å²) in [6.07, 6.45) is 1.47. The quantitative estimate of drug-likeness (QED) is 0.523. The average Bonchev–Trinajstić information content (AvgIpc) is 2.58. The van der Waals surface area contributed by atoms with Crippen molar-refractivity contribution in [3.05, 3.63) is 84.6 Å². The van der Waals surface area contributed by atoms with Crippen LogP contribution in [0.2, 0.25) is 0 Å². The van der Waals surface area contributed by atoms with Crippen LogP contribution in [0.1, 0.15) is 24.0 Å². The molecule has 3 rings (SSSR count). The lowest BCUT2D eigenvalue weighted by Crippen LogP contribution is -2.35. The van der Waals surface area contributed by atoms with Gasteiger partial charge in [-0.1, -0.05) is 40.7 Å². The Morgan fingerprint density at radius 3 is 2.81 bits per heavy atom. The number of H-pyrrole nitrogens is 2. The molecule has 0 fully saturated rings. The van der Waals surface area contributed by atoms with Gasteiger partial charge in [0.1, 0.15) is 12.4 Å². The van der Waals surface area contributed by atoms with Crippen molar-refractivity contribution in [1.82, 2.24) is 9.97 Å². The summed E-state index contributed by atoms with van der Waals surface area (Å²) in [5.74, 6) is -0.987. The normalized spacial score (nSPS) is 15.8. The summed E-state index contributed by atoms with van der Waals surface area (Å²) in [7, 11) is 0. The zero-order valence-corrected chi connectivity index (χ0v) is 15.5. The highest BCUT2D eigenvalue weighted by atomic mass is 79.9. The van der Waals surface area contributed by atoms with Gasteiger partial charge in [0.25, 0.3) is 5.56 Å². The molecule has 1 aromatic heterocycles. The molecule has 1 atom stereocenters. The van der Waals surface area contributed by atoms with E-state index in [4.69, 9.17) is 4.74 Å². The monoisotopic (exact) mass is 417 g/mol. The highest BCUT2D eigenvalue weighted by molar-refractivity contribution is 9.10. The first kappa shape index (κ1) is 17.9. The summed E-state index contributed by atoms with van der Waals surface area (Å²) in [6, 6.07) is 7.28. The van der Waals surface area contributed by atoms with E-state index in [1.165, 1.54) is 6.08 Å². The highest BCUT2D eigenvalue weighted by Crippen LogP contribution is 2.39. The molecule has 0 saturated heterocycles. The molecule has 134 valence electrons. The van der Waals surface area contributed by atoms with E-state index in [2.05, 4.69) is 37.8 Å². The van der Waals surface area contributed by atoms with Crippen molar-refractivity contribution in [3.63, 3.8) is 0 Å². The van der Waals surface area contributed by atoms with Crippen LogP contribution in [-0.2, 0) is 9.53 Å². The average molecular weight is 418 g/mol. The summed E-state index contributed by atoms with van der Waals surface area (Å²) in [6.45, 7) is 5.28. The fourth-order valence-electron chi connectivity index (χ4n) is 2.99. The number of fused-ring (bicyclic) bond motifs is 1. The number of benzene rings is 1. The predicted octanol–water partition coefficient (Wildman–Crippen LogP) is 2.39. The third kappa shape index (κ3) is 3.28. The lowest BCUT2D eigenvalue weighted by Gasteiger charge is -2.28. The van der Waals surface area contributed by atoms with Gasteiger partial charge in [-0.2, -0.15) is 0 Å². The molecule has 0 radical (unpaired) electrons. The first-order valence-corrected chi connectivity index (χ1v) is 8.59. The van der Waals surface area contributed by atoms with Crippen LogP contribution in [0.4, 0.5) is 5.82 Å². The number of hydrogen-bond donors (Lipinski definition) is 3. The predicted molar refractivity (Wildman–Crippen MR) is 101 cm³/mol. The lowest BCUT2D eigenvalue weighted by molar-refractivity contribution is -0.138. The number of halogens is 1. The summed E-state index contributed by atoms with van der Waals surface area (Å²) < 4.78 is 6.01. The zero-order valence-electron chi connectivity index (χ0n) is 13.9. The molecule has 1 unspecified atom stereocenters. The molecule has 0 saturated carbocycles. The molecule has 0 bridgehead atoms. The van der Waals surface area contributed by atoms with Crippen molar-refractivity contribution in [2.45, 2.75) is 12.8 Å². The molecule has 0 amide bonds. The SMILES string of the molecule is C=CCOC(=O)C1=C(C)Nc2[nH]c(=O)[nH]c(=O)c2C1c1cccc(Br)c1. The molecule has 0 aliphatic carbocycles. The van der Waals surface area contributed by atoms with E-state index in [0.717, 1.165) is 4.47 Å². The van der Waals surface area contributed by atoms with Gasteiger partial charge < -0.3 is 10.1 Å². The van der Waals surface area contributed by atoms with Gasteiger partial charge in [-0.3, -0.25) is 14.8 Å². The number of ether oxygens (including phenoxy) is 1. The van der Waals surface area contributed by atoms with E-state index in [0.29, 0.717) is 16.8 Å². The maximum Gasteiger partial charge on any atom is 0.337 e.